The van der Waals surface area contributed by atoms with Crippen molar-refractivity contribution in [3.8, 4) is 5.88 Å². The molecule has 2 fully saturated rings. The predicted octanol–water partition coefficient (Wildman–Crippen LogP) is 2.27. The Balaban J connectivity index is 1.71. The molecule has 5 heteroatoms. The molecule has 2 aliphatic heterocycles. The molecule has 2 saturated heterocycles. The number of methoxy groups -OCH3 is 1. The lowest BCUT2D eigenvalue weighted by Crippen LogP contribution is -2.44. The molecule has 3 heterocycles. The minimum atomic E-state index is 0.418. The zero-order valence-electron chi connectivity index (χ0n) is 14.4. The van der Waals surface area contributed by atoms with Crippen LogP contribution in [0.2, 0.25) is 0 Å². The van der Waals surface area contributed by atoms with Gasteiger partial charge < -0.3 is 10.1 Å². The van der Waals surface area contributed by atoms with Crippen LogP contribution in [0.25, 0.3) is 0 Å². The van der Waals surface area contributed by atoms with Gasteiger partial charge in [-0.1, -0.05) is 20.3 Å². The largest absolute Gasteiger partial charge is 0.481 e. The molecule has 0 unspecified atom stereocenters. The van der Waals surface area contributed by atoms with E-state index in [4.69, 9.17) is 4.74 Å². The van der Waals surface area contributed by atoms with Gasteiger partial charge in [-0.25, -0.2) is 4.68 Å². The van der Waals surface area contributed by atoms with Crippen LogP contribution in [0.1, 0.15) is 56.7 Å². The Morgan fingerprint density at radius 2 is 2.09 bits per heavy atom. The topological polar surface area (TPSA) is 42.3 Å². The van der Waals surface area contributed by atoms with Crippen LogP contribution in [0.15, 0.2) is 0 Å². The Hall–Kier alpha value is -1.07. The number of fused-ring (bicyclic) bond motifs is 1. The molecular formula is C17H30N4O. The number of ether oxygens (including phenoxy) is 1. The zero-order chi connectivity index (χ0) is 15.7. The van der Waals surface area contributed by atoms with E-state index in [2.05, 4.69) is 29.2 Å². The van der Waals surface area contributed by atoms with Crippen LogP contribution in [-0.2, 0) is 13.6 Å². The van der Waals surface area contributed by atoms with E-state index in [1.165, 1.54) is 44.3 Å². The van der Waals surface area contributed by atoms with Crippen LogP contribution < -0.4 is 10.1 Å². The summed E-state index contributed by atoms with van der Waals surface area (Å²) in [6.07, 6.45) is 5.37. The van der Waals surface area contributed by atoms with Crippen molar-refractivity contribution in [2.75, 3.05) is 20.2 Å². The van der Waals surface area contributed by atoms with Gasteiger partial charge in [-0.05, 0) is 31.7 Å². The highest BCUT2D eigenvalue weighted by Gasteiger charge is 2.35. The molecular weight excluding hydrogens is 276 g/mol. The SMILES string of the molecule is COc1c(CN[C@H]2CCN3CCCC[C@@H]23)c(C(C)C)nn1C. The van der Waals surface area contributed by atoms with Gasteiger partial charge in [0.2, 0.25) is 5.88 Å². The molecule has 2 atom stereocenters. The fraction of sp³-hybridized carbons (Fsp3) is 0.824. The molecule has 0 bridgehead atoms. The molecule has 3 rings (SSSR count). The summed E-state index contributed by atoms with van der Waals surface area (Å²) in [6, 6.07) is 1.35. The normalized spacial score (nSPS) is 25.7. The second-order valence-corrected chi connectivity index (χ2v) is 7.03. The van der Waals surface area contributed by atoms with Crippen molar-refractivity contribution in [3.63, 3.8) is 0 Å². The van der Waals surface area contributed by atoms with Crippen molar-refractivity contribution >= 4 is 0 Å². The summed E-state index contributed by atoms with van der Waals surface area (Å²) in [4.78, 5) is 2.67. The van der Waals surface area contributed by atoms with Gasteiger partial charge >= 0.3 is 0 Å². The first-order chi connectivity index (χ1) is 10.6. The highest BCUT2D eigenvalue weighted by molar-refractivity contribution is 5.33. The van der Waals surface area contributed by atoms with E-state index in [-0.39, 0.29) is 0 Å². The third kappa shape index (κ3) is 2.88. The van der Waals surface area contributed by atoms with Crippen LogP contribution in [-0.4, -0.2) is 47.0 Å². The molecule has 0 radical (unpaired) electrons. The van der Waals surface area contributed by atoms with Gasteiger partial charge in [0.05, 0.1) is 18.4 Å². The maximum absolute atomic E-state index is 5.58. The molecule has 124 valence electrons. The molecule has 1 aromatic heterocycles. The van der Waals surface area contributed by atoms with Gasteiger partial charge in [-0.2, -0.15) is 5.10 Å². The van der Waals surface area contributed by atoms with Gasteiger partial charge in [0.1, 0.15) is 0 Å². The number of rotatable bonds is 5. The number of aromatic nitrogens is 2. The monoisotopic (exact) mass is 306 g/mol. The molecule has 0 amide bonds. The first-order valence-corrected chi connectivity index (χ1v) is 8.69. The van der Waals surface area contributed by atoms with Crippen LogP contribution in [0.5, 0.6) is 5.88 Å². The van der Waals surface area contributed by atoms with Gasteiger partial charge in [0, 0.05) is 32.2 Å². The summed E-state index contributed by atoms with van der Waals surface area (Å²) in [5.74, 6) is 1.32. The Morgan fingerprint density at radius 3 is 2.82 bits per heavy atom. The van der Waals surface area contributed by atoms with E-state index in [0.717, 1.165) is 24.2 Å². The lowest BCUT2D eigenvalue weighted by atomic mass is 9.98. The molecule has 2 aliphatic rings. The summed E-state index contributed by atoms with van der Waals surface area (Å²) in [6.45, 7) is 7.80. The van der Waals surface area contributed by atoms with Crippen LogP contribution >= 0.6 is 0 Å². The number of nitrogens with zero attached hydrogens (tertiary/aromatic N) is 3. The first-order valence-electron chi connectivity index (χ1n) is 8.69. The van der Waals surface area contributed by atoms with Crippen molar-refractivity contribution in [2.45, 2.75) is 64.1 Å². The lowest BCUT2D eigenvalue weighted by Gasteiger charge is -2.32. The Labute approximate surface area is 134 Å². The third-order valence-electron chi connectivity index (χ3n) is 5.26. The van der Waals surface area contributed by atoms with Crippen molar-refractivity contribution in [1.29, 1.82) is 0 Å². The Morgan fingerprint density at radius 1 is 1.27 bits per heavy atom. The van der Waals surface area contributed by atoms with E-state index >= 15 is 0 Å². The predicted molar refractivity (Wildman–Crippen MR) is 88.3 cm³/mol. The minimum absolute atomic E-state index is 0.418. The number of piperidine rings is 1. The van der Waals surface area contributed by atoms with Gasteiger partial charge in [0.15, 0.2) is 0 Å². The average molecular weight is 306 g/mol. The highest BCUT2D eigenvalue weighted by Crippen LogP contribution is 2.30. The maximum atomic E-state index is 5.58. The lowest BCUT2D eigenvalue weighted by molar-refractivity contribution is 0.180. The van der Waals surface area contributed by atoms with Crippen LogP contribution in [0.3, 0.4) is 0 Å². The summed E-state index contributed by atoms with van der Waals surface area (Å²) in [5, 5.41) is 8.45. The minimum Gasteiger partial charge on any atom is -0.481 e. The molecule has 1 N–H and O–H groups in total. The van der Waals surface area contributed by atoms with Crippen molar-refractivity contribution < 1.29 is 4.74 Å². The van der Waals surface area contributed by atoms with E-state index in [1.54, 1.807) is 7.11 Å². The van der Waals surface area contributed by atoms with Crippen molar-refractivity contribution in [2.24, 2.45) is 7.05 Å². The summed E-state index contributed by atoms with van der Waals surface area (Å²) >= 11 is 0. The molecule has 1 aromatic rings. The highest BCUT2D eigenvalue weighted by atomic mass is 16.5. The standard InChI is InChI=1S/C17H30N4O/c1-12(2)16-13(17(22-4)20(3)19-16)11-18-14-8-10-21-9-6-5-7-15(14)21/h12,14-15,18H,5-11H2,1-4H3/t14-,15-/m0/s1. The number of hydrogen-bond donors (Lipinski definition) is 1. The smallest absolute Gasteiger partial charge is 0.216 e. The van der Waals surface area contributed by atoms with Gasteiger partial charge in [-0.3, -0.25) is 4.90 Å². The fourth-order valence-corrected chi connectivity index (χ4v) is 4.18. The van der Waals surface area contributed by atoms with Crippen LogP contribution in [0.4, 0.5) is 0 Å². The van der Waals surface area contributed by atoms with Gasteiger partial charge in [0.25, 0.3) is 0 Å². The maximum Gasteiger partial charge on any atom is 0.216 e. The number of hydrogen-bond acceptors (Lipinski definition) is 4. The summed E-state index contributed by atoms with van der Waals surface area (Å²) < 4.78 is 7.45. The molecule has 0 saturated carbocycles. The van der Waals surface area contributed by atoms with Crippen molar-refractivity contribution in [3.05, 3.63) is 11.3 Å². The first kappa shape index (κ1) is 15.8. The average Bonchev–Trinajstić information content (AvgIpc) is 3.06. The quantitative estimate of drug-likeness (QED) is 0.906. The van der Waals surface area contributed by atoms with E-state index in [9.17, 15) is 0 Å². The van der Waals surface area contributed by atoms with Crippen LogP contribution in [0, 0.1) is 0 Å². The second kappa shape index (κ2) is 6.59. The molecule has 0 aliphatic carbocycles. The summed E-state index contributed by atoms with van der Waals surface area (Å²) in [5.41, 5.74) is 2.39. The molecule has 22 heavy (non-hydrogen) atoms. The second-order valence-electron chi connectivity index (χ2n) is 7.03. The summed E-state index contributed by atoms with van der Waals surface area (Å²) in [7, 11) is 3.70. The van der Waals surface area contributed by atoms with E-state index in [1.807, 2.05) is 11.7 Å². The number of nitrogens with one attached hydrogen (secondary N) is 1. The fourth-order valence-electron chi connectivity index (χ4n) is 4.18. The zero-order valence-corrected chi connectivity index (χ0v) is 14.4. The Bertz CT molecular complexity index is 511. The number of aryl methyl sites for hydroxylation is 1. The third-order valence-corrected chi connectivity index (χ3v) is 5.26. The molecule has 0 aromatic carbocycles. The van der Waals surface area contributed by atoms with E-state index < -0.39 is 0 Å². The van der Waals surface area contributed by atoms with E-state index in [0.29, 0.717) is 12.0 Å². The molecule has 5 nitrogen and oxygen atoms in total. The molecule has 0 spiro atoms. The van der Waals surface area contributed by atoms with Crippen molar-refractivity contribution in [1.82, 2.24) is 20.0 Å². The van der Waals surface area contributed by atoms with Gasteiger partial charge in [-0.15, -0.1) is 0 Å². The Kier molecular flexibility index (Phi) is 4.73.